The molecular formula is C10H23NSi. The largest absolute Gasteiger partial charge is 0.402 e. The van der Waals surface area contributed by atoms with Crippen LogP contribution in [0.15, 0.2) is 12.3 Å². The second kappa shape index (κ2) is 4.70. The molecular weight excluding hydrogens is 162 g/mol. The summed E-state index contributed by atoms with van der Waals surface area (Å²) in [6.45, 7) is 16.7. The normalized spacial score (nSPS) is 11.4. The van der Waals surface area contributed by atoms with Crippen molar-refractivity contribution in [3.05, 3.63) is 12.3 Å². The highest BCUT2D eigenvalue weighted by Crippen LogP contribution is 2.15. The molecule has 0 N–H and O–H groups in total. The maximum atomic E-state index is 4.04. The Bertz CT molecular complexity index is 146. The summed E-state index contributed by atoms with van der Waals surface area (Å²) in [7, 11) is -1.15. The molecule has 0 radical (unpaired) electrons. The highest BCUT2D eigenvalue weighted by atomic mass is 28.3. The summed E-state index contributed by atoms with van der Waals surface area (Å²) in [6, 6.07) is 0. The Kier molecular flexibility index (Phi) is 4.61. The predicted molar refractivity (Wildman–Crippen MR) is 59.8 cm³/mol. The molecule has 0 atom stereocenters. The van der Waals surface area contributed by atoms with Gasteiger partial charge in [0, 0.05) is 6.54 Å². The quantitative estimate of drug-likeness (QED) is 0.593. The summed E-state index contributed by atoms with van der Waals surface area (Å²) in [4.78, 5) is 0. The fourth-order valence-electron chi connectivity index (χ4n) is 1.42. The van der Waals surface area contributed by atoms with Crippen molar-refractivity contribution >= 4 is 8.24 Å². The molecule has 0 spiro atoms. The molecule has 0 bridgehead atoms. The van der Waals surface area contributed by atoms with E-state index in [0.29, 0.717) is 0 Å². The van der Waals surface area contributed by atoms with Gasteiger partial charge in [-0.2, -0.15) is 0 Å². The summed E-state index contributed by atoms with van der Waals surface area (Å²) >= 11 is 0. The standard InChI is InChI=1S/C10H23NSi/c1-7-8-9-11(10(2)3)12(4,5)6/h2,7-9H2,1,3-6H3. The van der Waals surface area contributed by atoms with E-state index >= 15 is 0 Å². The summed E-state index contributed by atoms with van der Waals surface area (Å²) in [6.07, 6.45) is 2.56. The van der Waals surface area contributed by atoms with Gasteiger partial charge < -0.3 is 4.57 Å². The van der Waals surface area contributed by atoms with Crippen LogP contribution >= 0.6 is 0 Å². The topological polar surface area (TPSA) is 3.24 Å². The Morgan fingerprint density at radius 1 is 1.33 bits per heavy atom. The van der Waals surface area contributed by atoms with Crippen molar-refractivity contribution in [3.8, 4) is 0 Å². The predicted octanol–water partition coefficient (Wildman–Crippen LogP) is 3.46. The van der Waals surface area contributed by atoms with Crippen LogP contribution in [0.4, 0.5) is 0 Å². The summed E-state index contributed by atoms with van der Waals surface area (Å²) in [5, 5.41) is 0. The average Bonchev–Trinajstić information content (AvgIpc) is 1.84. The van der Waals surface area contributed by atoms with Crippen LogP contribution in [0.1, 0.15) is 26.7 Å². The molecule has 0 saturated carbocycles. The maximum absolute atomic E-state index is 4.04. The Hall–Kier alpha value is -0.243. The molecule has 12 heavy (non-hydrogen) atoms. The zero-order chi connectivity index (χ0) is 9.78. The highest BCUT2D eigenvalue weighted by Gasteiger charge is 2.22. The van der Waals surface area contributed by atoms with Crippen molar-refractivity contribution in [1.82, 2.24) is 4.57 Å². The lowest BCUT2D eigenvalue weighted by Crippen LogP contribution is -2.44. The minimum absolute atomic E-state index is 1.15. The van der Waals surface area contributed by atoms with Gasteiger partial charge in [-0.25, -0.2) is 0 Å². The van der Waals surface area contributed by atoms with Crippen LogP contribution in [-0.4, -0.2) is 19.3 Å². The molecule has 0 aliphatic rings. The second-order valence-electron chi connectivity index (χ2n) is 4.41. The van der Waals surface area contributed by atoms with Crippen LogP contribution in [0, 0.1) is 0 Å². The molecule has 72 valence electrons. The molecule has 0 fully saturated rings. The van der Waals surface area contributed by atoms with E-state index in [4.69, 9.17) is 0 Å². The molecule has 2 heteroatoms. The third kappa shape index (κ3) is 3.95. The van der Waals surface area contributed by atoms with Crippen molar-refractivity contribution in [2.24, 2.45) is 0 Å². The van der Waals surface area contributed by atoms with E-state index in [2.05, 4.69) is 44.6 Å². The molecule has 0 aliphatic heterocycles. The summed E-state index contributed by atoms with van der Waals surface area (Å²) < 4.78 is 2.51. The summed E-state index contributed by atoms with van der Waals surface area (Å²) in [5.74, 6) is 0. The molecule has 0 unspecified atom stereocenters. The zero-order valence-electron chi connectivity index (χ0n) is 9.28. The molecule has 0 amide bonds. The molecule has 0 saturated heterocycles. The SMILES string of the molecule is C=C(C)N(CCCC)[Si](C)(C)C. The zero-order valence-corrected chi connectivity index (χ0v) is 10.3. The monoisotopic (exact) mass is 185 g/mol. The van der Waals surface area contributed by atoms with Gasteiger partial charge in [0.1, 0.15) is 8.24 Å². The lowest BCUT2D eigenvalue weighted by atomic mass is 10.3. The van der Waals surface area contributed by atoms with Gasteiger partial charge in [0.25, 0.3) is 0 Å². The molecule has 0 aromatic rings. The van der Waals surface area contributed by atoms with E-state index in [0.717, 1.165) is 0 Å². The van der Waals surface area contributed by atoms with E-state index in [-0.39, 0.29) is 0 Å². The average molecular weight is 185 g/mol. The molecule has 0 heterocycles. The van der Waals surface area contributed by atoms with Crippen LogP contribution in [0.2, 0.25) is 19.6 Å². The van der Waals surface area contributed by atoms with E-state index in [1.807, 2.05) is 0 Å². The lowest BCUT2D eigenvalue weighted by molar-refractivity contribution is 0.497. The van der Waals surface area contributed by atoms with Crippen LogP contribution in [-0.2, 0) is 0 Å². The van der Waals surface area contributed by atoms with Crippen LogP contribution in [0.25, 0.3) is 0 Å². The van der Waals surface area contributed by atoms with Crippen molar-refractivity contribution in [1.29, 1.82) is 0 Å². The van der Waals surface area contributed by atoms with Crippen molar-refractivity contribution in [2.45, 2.75) is 46.3 Å². The van der Waals surface area contributed by atoms with Gasteiger partial charge in [0.05, 0.1) is 0 Å². The van der Waals surface area contributed by atoms with Gasteiger partial charge in [0.2, 0.25) is 0 Å². The summed E-state index contributed by atoms with van der Waals surface area (Å²) in [5.41, 5.74) is 1.24. The van der Waals surface area contributed by atoms with Crippen molar-refractivity contribution in [2.75, 3.05) is 6.54 Å². The van der Waals surface area contributed by atoms with Crippen molar-refractivity contribution in [3.63, 3.8) is 0 Å². The Balaban J connectivity index is 4.15. The van der Waals surface area contributed by atoms with E-state index < -0.39 is 8.24 Å². The van der Waals surface area contributed by atoms with E-state index in [1.54, 1.807) is 0 Å². The molecule has 0 aromatic heterocycles. The Morgan fingerprint density at radius 2 is 1.83 bits per heavy atom. The third-order valence-corrected chi connectivity index (χ3v) is 4.23. The van der Waals surface area contributed by atoms with E-state index in [9.17, 15) is 0 Å². The van der Waals surface area contributed by atoms with Gasteiger partial charge >= 0.3 is 0 Å². The minimum atomic E-state index is -1.15. The van der Waals surface area contributed by atoms with Crippen LogP contribution < -0.4 is 0 Å². The van der Waals surface area contributed by atoms with Gasteiger partial charge in [-0.05, 0) is 19.0 Å². The molecule has 0 aromatic carbocycles. The highest BCUT2D eigenvalue weighted by molar-refractivity contribution is 6.73. The fraction of sp³-hybridized carbons (Fsp3) is 0.800. The number of rotatable bonds is 5. The smallest absolute Gasteiger partial charge is 0.147 e. The Morgan fingerprint density at radius 3 is 2.08 bits per heavy atom. The Labute approximate surface area is 78.6 Å². The fourth-order valence-corrected chi connectivity index (χ4v) is 3.39. The molecule has 0 aliphatic carbocycles. The minimum Gasteiger partial charge on any atom is -0.402 e. The first kappa shape index (κ1) is 11.8. The maximum Gasteiger partial charge on any atom is 0.147 e. The number of hydrogen-bond donors (Lipinski definition) is 0. The van der Waals surface area contributed by atoms with E-state index in [1.165, 1.54) is 25.1 Å². The second-order valence-corrected chi connectivity index (χ2v) is 9.29. The van der Waals surface area contributed by atoms with Crippen LogP contribution in [0.5, 0.6) is 0 Å². The van der Waals surface area contributed by atoms with Crippen LogP contribution in [0.3, 0.4) is 0 Å². The van der Waals surface area contributed by atoms with Gasteiger partial charge in [0.15, 0.2) is 0 Å². The number of unbranched alkanes of at least 4 members (excludes halogenated alkanes) is 1. The van der Waals surface area contributed by atoms with Crippen molar-refractivity contribution < 1.29 is 0 Å². The van der Waals surface area contributed by atoms with Gasteiger partial charge in [-0.3, -0.25) is 0 Å². The van der Waals surface area contributed by atoms with Gasteiger partial charge in [-0.15, -0.1) is 0 Å². The lowest BCUT2D eigenvalue weighted by Gasteiger charge is -2.36. The number of allylic oxidation sites excluding steroid dienone is 1. The first-order valence-electron chi connectivity index (χ1n) is 4.82. The first-order chi connectivity index (χ1) is 5.39. The number of hydrogen-bond acceptors (Lipinski definition) is 1. The van der Waals surface area contributed by atoms with Gasteiger partial charge in [-0.1, -0.05) is 39.6 Å². The third-order valence-electron chi connectivity index (χ3n) is 2.01. The first-order valence-corrected chi connectivity index (χ1v) is 8.27. The molecule has 0 rings (SSSR count). The molecule has 1 nitrogen and oxygen atoms in total. The number of nitrogens with zero attached hydrogens (tertiary/aromatic N) is 1.